The van der Waals surface area contributed by atoms with E-state index >= 15 is 0 Å². The van der Waals surface area contributed by atoms with Crippen molar-refractivity contribution < 1.29 is 34.2 Å². The molecule has 1 rings (SSSR count). The van der Waals surface area contributed by atoms with Gasteiger partial charge in [-0.2, -0.15) is 0 Å². The normalized spacial score (nSPS) is 13.4. The fourth-order valence-corrected chi connectivity index (χ4v) is 2.41. The minimum absolute atomic E-state index is 0.0123. The van der Waals surface area contributed by atoms with Crippen LogP contribution in [-0.2, 0) is 30.4 Å². The van der Waals surface area contributed by atoms with E-state index in [-0.39, 0.29) is 12.2 Å². The van der Waals surface area contributed by atoms with E-state index < -0.39 is 60.7 Å². The lowest BCUT2D eigenvalue weighted by Crippen LogP contribution is -2.56. The van der Waals surface area contributed by atoms with Crippen molar-refractivity contribution in [1.82, 2.24) is 16.0 Å². The number of carboxylic acid groups (broad SMARTS) is 1. The molecule has 0 aliphatic heterocycles. The number of carboxylic acids is 1. The van der Waals surface area contributed by atoms with Crippen LogP contribution >= 0.6 is 0 Å². The van der Waals surface area contributed by atoms with Gasteiger partial charge in [-0.25, -0.2) is 4.79 Å². The van der Waals surface area contributed by atoms with Gasteiger partial charge in [0.25, 0.3) is 0 Å². The fraction of sp³-hybridized carbons (Fsp3) is 0.389. The van der Waals surface area contributed by atoms with Crippen molar-refractivity contribution in [3.05, 3.63) is 29.8 Å². The lowest BCUT2D eigenvalue weighted by molar-refractivity contribution is -0.142. The third-order valence-corrected chi connectivity index (χ3v) is 3.99. The second-order valence-electron chi connectivity index (χ2n) is 6.49. The number of nitrogens with one attached hydrogen (secondary N) is 3. The Morgan fingerprint density at radius 1 is 0.967 bits per heavy atom. The maximum Gasteiger partial charge on any atom is 0.326 e. The van der Waals surface area contributed by atoms with Gasteiger partial charge in [0.15, 0.2) is 0 Å². The maximum atomic E-state index is 12.3. The summed E-state index contributed by atoms with van der Waals surface area (Å²) in [5, 5.41) is 25.4. The van der Waals surface area contributed by atoms with E-state index in [1.165, 1.54) is 31.2 Å². The zero-order valence-electron chi connectivity index (χ0n) is 16.3. The summed E-state index contributed by atoms with van der Waals surface area (Å²) in [6, 6.07) is 1.99. The molecule has 9 N–H and O–H groups in total. The van der Waals surface area contributed by atoms with Gasteiger partial charge in [-0.1, -0.05) is 12.1 Å². The van der Waals surface area contributed by atoms with Crippen molar-refractivity contribution >= 4 is 29.6 Å². The average molecular weight is 423 g/mol. The number of phenols is 1. The number of benzene rings is 1. The predicted octanol–water partition coefficient (Wildman–Crippen LogP) is -2.67. The van der Waals surface area contributed by atoms with Gasteiger partial charge in [0, 0.05) is 6.42 Å². The van der Waals surface area contributed by atoms with Crippen LogP contribution < -0.4 is 27.4 Å². The Balaban J connectivity index is 2.76. The highest BCUT2D eigenvalue weighted by Crippen LogP contribution is 2.11. The molecule has 0 spiro atoms. The first-order valence-corrected chi connectivity index (χ1v) is 8.92. The highest BCUT2D eigenvalue weighted by atomic mass is 16.4. The molecule has 0 aliphatic carbocycles. The lowest BCUT2D eigenvalue weighted by atomic mass is 10.1. The summed E-state index contributed by atoms with van der Waals surface area (Å²) in [5.74, 6) is -4.49. The highest BCUT2D eigenvalue weighted by Gasteiger charge is 2.28. The van der Waals surface area contributed by atoms with Gasteiger partial charge in [0.05, 0.1) is 13.0 Å². The summed E-state index contributed by atoms with van der Waals surface area (Å²) in [4.78, 5) is 58.6. The van der Waals surface area contributed by atoms with E-state index in [9.17, 15) is 34.2 Å². The van der Waals surface area contributed by atoms with Crippen LogP contribution in [0.5, 0.6) is 5.75 Å². The maximum absolute atomic E-state index is 12.3. The summed E-state index contributed by atoms with van der Waals surface area (Å²) in [6.07, 6.45) is -0.566. The molecule has 4 amide bonds. The van der Waals surface area contributed by atoms with Crippen molar-refractivity contribution in [2.24, 2.45) is 11.5 Å². The quantitative estimate of drug-likeness (QED) is 0.199. The van der Waals surface area contributed by atoms with E-state index in [0.717, 1.165) is 0 Å². The summed E-state index contributed by atoms with van der Waals surface area (Å²) in [7, 11) is 0. The number of carbonyl (C=O) groups is 5. The van der Waals surface area contributed by atoms with Crippen molar-refractivity contribution in [2.45, 2.75) is 37.9 Å². The van der Waals surface area contributed by atoms with Crippen molar-refractivity contribution in [2.75, 3.05) is 6.54 Å². The zero-order chi connectivity index (χ0) is 22.8. The first-order valence-electron chi connectivity index (χ1n) is 8.92. The number of phenolic OH excluding ortho intramolecular Hbond substituents is 1. The smallest absolute Gasteiger partial charge is 0.326 e. The molecule has 164 valence electrons. The standard InChI is InChI=1S/C18H25N5O7/c1-9(21-17(28)12(7-14(20)25)22-15(26)8-19)16(27)23-13(18(29)30)6-10-2-4-11(24)5-3-10/h2-5,9,12-13,24H,6-8,19H2,1H3,(H2,20,25)(H,21,28)(H,22,26)(H,23,27)(H,29,30). The Labute approximate surface area is 172 Å². The van der Waals surface area contributed by atoms with Crippen LogP contribution in [-0.4, -0.2) is 64.5 Å². The van der Waals surface area contributed by atoms with Crippen molar-refractivity contribution in [3.63, 3.8) is 0 Å². The predicted molar refractivity (Wildman–Crippen MR) is 104 cm³/mol. The molecular weight excluding hydrogens is 398 g/mol. The van der Waals surface area contributed by atoms with Gasteiger partial charge in [-0.05, 0) is 24.6 Å². The Morgan fingerprint density at radius 3 is 2.07 bits per heavy atom. The van der Waals surface area contributed by atoms with E-state index in [1.54, 1.807) is 0 Å². The summed E-state index contributed by atoms with van der Waals surface area (Å²) >= 11 is 0. The number of primary amides is 1. The zero-order valence-corrected chi connectivity index (χ0v) is 16.3. The Hall–Kier alpha value is -3.67. The van der Waals surface area contributed by atoms with E-state index in [4.69, 9.17) is 11.5 Å². The molecule has 0 aliphatic rings. The molecule has 0 heterocycles. The molecule has 0 aromatic heterocycles. The monoisotopic (exact) mass is 423 g/mol. The van der Waals surface area contributed by atoms with Gasteiger partial charge in [-0.15, -0.1) is 0 Å². The molecule has 12 nitrogen and oxygen atoms in total. The van der Waals surface area contributed by atoms with E-state index in [1.807, 2.05) is 0 Å². The third-order valence-electron chi connectivity index (χ3n) is 3.99. The Bertz CT molecular complexity index is 797. The second-order valence-corrected chi connectivity index (χ2v) is 6.49. The molecule has 3 unspecified atom stereocenters. The molecule has 0 fully saturated rings. The number of amides is 4. The van der Waals surface area contributed by atoms with Crippen LogP contribution in [0.2, 0.25) is 0 Å². The molecule has 0 bridgehead atoms. The molecular formula is C18H25N5O7. The minimum atomic E-state index is -1.33. The number of hydrogen-bond donors (Lipinski definition) is 7. The number of carbonyl (C=O) groups excluding carboxylic acids is 4. The molecule has 3 atom stereocenters. The molecule has 0 radical (unpaired) electrons. The first kappa shape index (κ1) is 24.4. The van der Waals surface area contributed by atoms with E-state index in [0.29, 0.717) is 5.56 Å². The number of aliphatic carboxylic acids is 1. The molecule has 0 saturated carbocycles. The Morgan fingerprint density at radius 2 is 1.57 bits per heavy atom. The average Bonchev–Trinajstić information content (AvgIpc) is 2.67. The SMILES string of the molecule is CC(NC(=O)C(CC(N)=O)NC(=O)CN)C(=O)NC(Cc1ccc(O)cc1)C(=O)O. The lowest BCUT2D eigenvalue weighted by Gasteiger charge is -2.22. The number of rotatable bonds is 11. The van der Waals surface area contributed by atoms with Gasteiger partial charge < -0.3 is 37.6 Å². The number of aromatic hydroxyl groups is 1. The van der Waals surface area contributed by atoms with Crippen LogP contribution in [0, 0.1) is 0 Å². The largest absolute Gasteiger partial charge is 0.508 e. The molecule has 12 heteroatoms. The minimum Gasteiger partial charge on any atom is -0.508 e. The van der Waals surface area contributed by atoms with Gasteiger partial charge in [0.1, 0.15) is 23.9 Å². The molecule has 0 saturated heterocycles. The van der Waals surface area contributed by atoms with Gasteiger partial charge in [0.2, 0.25) is 23.6 Å². The highest BCUT2D eigenvalue weighted by molar-refractivity contribution is 5.95. The second kappa shape index (κ2) is 11.4. The number of nitrogens with two attached hydrogens (primary N) is 2. The van der Waals surface area contributed by atoms with Crippen LogP contribution in [0.1, 0.15) is 18.9 Å². The number of hydrogen-bond acceptors (Lipinski definition) is 7. The summed E-state index contributed by atoms with van der Waals surface area (Å²) < 4.78 is 0. The van der Waals surface area contributed by atoms with Gasteiger partial charge in [-0.3, -0.25) is 19.2 Å². The van der Waals surface area contributed by atoms with Gasteiger partial charge >= 0.3 is 5.97 Å². The molecule has 30 heavy (non-hydrogen) atoms. The van der Waals surface area contributed by atoms with Crippen LogP contribution in [0.25, 0.3) is 0 Å². The molecule has 1 aromatic rings. The van der Waals surface area contributed by atoms with Crippen molar-refractivity contribution in [1.29, 1.82) is 0 Å². The van der Waals surface area contributed by atoms with Crippen LogP contribution in [0.3, 0.4) is 0 Å². The van der Waals surface area contributed by atoms with Crippen LogP contribution in [0.15, 0.2) is 24.3 Å². The summed E-state index contributed by atoms with van der Waals surface area (Å²) in [5.41, 5.74) is 10.8. The fourth-order valence-electron chi connectivity index (χ4n) is 2.41. The topological polar surface area (TPSA) is 214 Å². The first-order chi connectivity index (χ1) is 14.0. The summed E-state index contributed by atoms with van der Waals surface area (Å²) in [6.45, 7) is 0.884. The third kappa shape index (κ3) is 8.14. The van der Waals surface area contributed by atoms with E-state index in [2.05, 4.69) is 16.0 Å². The van der Waals surface area contributed by atoms with Crippen molar-refractivity contribution in [3.8, 4) is 5.75 Å². The Kier molecular flexibility index (Phi) is 9.23. The van der Waals surface area contributed by atoms with Crippen LogP contribution in [0.4, 0.5) is 0 Å². The molecule has 1 aromatic carbocycles.